The maximum absolute atomic E-state index is 13.7. The number of hydrogen-bond acceptors (Lipinski definition) is 5. The van der Waals surface area contributed by atoms with E-state index in [-0.39, 0.29) is 18.0 Å². The highest BCUT2D eigenvalue weighted by atomic mass is 31.2. The maximum Gasteiger partial charge on any atom is 0.357 e. The summed E-state index contributed by atoms with van der Waals surface area (Å²) < 4.78 is 38.6. The molecule has 0 amide bonds. The van der Waals surface area contributed by atoms with Crippen molar-refractivity contribution in [1.82, 2.24) is 4.98 Å². The van der Waals surface area contributed by atoms with E-state index in [1.807, 2.05) is 19.1 Å². The second kappa shape index (κ2) is 8.76. The third kappa shape index (κ3) is 5.63. The molecule has 142 valence electrons. The minimum absolute atomic E-state index is 0.310. The number of nitrogens with zero attached hydrogens (tertiary/aromatic N) is 1. The maximum atomic E-state index is 13.7. The second-order valence-electron chi connectivity index (χ2n) is 6.61. The fourth-order valence-corrected chi connectivity index (χ4v) is 4.78. The van der Waals surface area contributed by atoms with Gasteiger partial charge in [0.2, 0.25) is 0 Å². The number of aryl methyl sites for hydroxylation is 1. The molecule has 2 aromatic rings. The average Bonchev–Trinajstić information content (AvgIpc) is 2.52. The predicted molar refractivity (Wildman–Crippen MR) is 102 cm³/mol. The van der Waals surface area contributed by atoms with Gasteiger partial charge in [0.25, 0.3) is 0 Å². The van der Waals surface area contributed by atoms with Gasteiger partial charge in [0.15, 0.2) is 5.78 Å². The molecule has 0 spiro atoms. The fourth-order valence-electron chi connectivity index (χ4n) is 2.49. The molecular formula is C19H26FN2O3P. The monoisotopic (exact) mass is 380 g/mol. The molecule has 0 saturated heterocycles. The predicted octanol–water partition coefficient (Wildman–Crippen LogP) is 5.68. The molecule has 1 unspecified atom stereocenters. The van der Waals surface area contributed by atoms with Gasteiger partial charge in [-0.15, -0.1) is 0 Å². The molecule has 0 saturated carbocycles. The molecule has 0 fully saturated rings. The van der Waals surface area contributed by atoms with E-state index >= 15 is 0 Å². The van der Waals surface area contributed by atoms with Crippen molar-refractivity contribution in [3.05, 3.63) is 59.5 Å². The molecule has 2 rings (SSSR count). The fraction of sp³-hybridized carbons (Fsp3) is 0.421. The number of benzene rings is 1. The van der Waals surface area contributed by atoms with E-state index in [2.05, 4.69) is 10.3 Å². The molecule has 5 nitrogen and oxygen atoms in total. The highest BCUT2D eigenvalue weighted by Crippen LogP contribution is 2.62. The van der Waals surface area contributed by atoms with Crippen molar-refractivity contribution in [3.63, 3.8) is 0 Å². The Morgan fingerprint density at radius 2 is 1.58 bits per heavy atom. The molecule has 1 heterocycles. The summed E-state index contributed by atoms with van der Waals surface area (Å²) in [5.74, 6) is -0.646. The summed E-state index contributed by atoms with van der Waals surface area (Å²) in [6.45, 7) is 9.05. The van der Waals surface area contributed by atoms with Gasteiger partial charge in [-0.1, -0.05) is 18.2 Å². The molecule has 0 aliphatic rings. The van der Waals surface area contributed by atoms with E-state index in [0.717, 1.165) is 5.69 Å². The Morgan fingerprint density at radius 1 is 1.00 bits per heavy atom. The zero-order chi connectivity index (χ0) is 19.3. The van der Waals surface area contributed by atoms with E-state index < -0.39 is 13.4 Å². The van der Waals surface area contributed by atoms with E-state index in [1.165, 1.54) is 12.1 Å². The second-order valence-corrected chi connectivity index (χ2v) is 8.63. The average molecular weight is 380 g/mol. The van der Waals surface area contributed by atoms with Crippen molar-refractivity contribution in [2.24, 2.45) is 0 Å². The van der Waals surface area contributed by atoms with E-state index in [4.69, 9.17) is 9.05 Å². The first-order chi connectivity index (χ1) is 12.2. The third-order valence-electron chi connectivity index (χ3n) is 3.39. The van der Waals surface area contributed by atoms with Crippen LogP contribution in [-0.2, 0) is 13.6 Å². The number of halogens is 1. The summed E-state index contributed by atoms with van der Waals surface area (Å²) in [6, 6.07) is 11.3. The first-order valence-electron chi connectivity index (χ1n) is 8.62. The molecule has 1 aromatic carbocycles. The van der Waals surface area contributed by atoms with Gasteiger partial charge in [-0.05, 0) is 64.4 Å². The topological polar surface area (TPSA) is 60.5 Å². The standard InChI is InChI=1S/C19H26FN2O3P/c1-13(2)24-26(23,25-14(3)4)19(16-9-11-17(20)12-10-16)22-18-8-6-7-15(5)21-18/h6-14,19H,1-5H3,(H,21,22). The molecule has 0 radical (unpaired) electrons. The van der Waals surface area contributed by atoms with Gasteiger partial charge < -0.3 is 14.4 Å². The lowest BCUT2D eigenvalue weighted by Gasteiger charge is -2.31. The minimum atomic E-state index is -3.63. The molecular weight excluding hydrogens is 354 g/mol. The highest BCUT2D eigenvalue weighted by Gasteiger charge is 2.39. The number of nitrogens with one attached hydrogen (secondary N) is 1. The van der Waals surface area contributed by atoms with E-state index in [0.29, 0.717) is 11.4 Å². The summed E-state index contributed by atoms with van der Waals surface area (Å²) in [5, 5.41) is 3.16. The smallest absolute Gasteiger partial charge is 0.353 e. The largest absolute Gasteiger partial charge is 0.357 e. The van der Waals surface area contributed by atoms with Crippen molar-refractivity contribution < 1.29 is 18.0 Å². The van der Waals surface area contributed by atoms with E-state index in [9.17, 15) is 8.96 Å². The Morgan fingerprint density at radius 3 is 2.08 bits per heavy atom. The molecule has 0 bridgehead atoms. The minimum Gasteiger partial charge on any atom is -0.353 e. The number of rotatable bonds is 8. The van der Waals surface area contributed by atoms with Crippen molar-refractivity contribution in [3.8, 4) is 0 Å². The Bertz CT molecular complexity index is 752. The molecule has 1 atom stereocenters. The zero-order valence-electron chi connectivity index (χ0n) is 15.8. The molecule has 26 heavy (non-hydrogen) atoms. The van der Waals surface area contributed by atoms with Crippen LogP contribution in [0.4, 0.5) is 10.2 Å². The van der Waals surface area contributed by atoms with Crippen molar-refractivity contribution in [2.75, 3.05) is 5.32 Å². The molecule has 1 aromatic heterocycles. The summed E-state index contributed by atoms with van der Waals surface area (Å²) in [6.07, 6.45) is -0.621. The van der Waals surface area contributed by atoms with Crippen LogP contribution in [0.1, 0.15) is 44.7 Å². The van der Waals surface area contributed by atoms with Crippen LogP contribution in [0.25, 0.3) is 0 Å². The van der Waals surface area contributed by atoms with Gasteiger partial charge in [0.1, 0.15) is 11.6 Å². The Hall–Kier alpha value is -1.75. The van der Waals surface area contributed by atoms with Crippen molar-refractivity contribution in [1.29, 1.82) is 0 Å². The molecule has 0 aliphatic heterocycles. The number of pyridine rings is 1. The summed E-state index contributed by atoms with van der Waals surface area (Å²) in [5.41, 5.74) is 1.41. The Labute approximate surface area is 154 Å². The first kappa shape index (κ1) is 20.6. The zero-order valence-corrected chi connectivity index (χ0v) is 16.7. The number of hydrogen-bond donors (Lipinski definition) is 1. The van der Waals surface area contributed by atoms with Crippen LogP contribution in [0, 0.1) is 12.7 Å². The number of anilines is 1. The summed E-state index contributed by atoms with van der Waals surface area (Å²) in [4.78, 5) is 4.41. The van der Waals surface area contributed by atoms with Gasteiger partial charge in [-0.3, -0.25) is 4.57 Å². The van der Waals surface area contributed by atoms with Gasteiger partial charge in [-0.25, -0.2) is 9.37 Å². The lowest BCUT2D eigenvalue weighted by atomic mass is 10.2. The van der Waals surface area contributed by atoms with Crippen LogP contribution in [0.3, 0.4) is 0 Å². The molecule has 1 N–H and O–H groups in total. The molecule has 7 heteroatoms. The highest BCUT2D eigenvalue weighted by molar-refractivity contribution is 7.54. The first-order valence-corrected chi connectivity index (χ1v) is 10.2. The Balaban J connectivity index is 2.49. The van der Waals surface area contributed by atoms with Gasteiger partial charge in [0.05, 0.1) is 12.2 Å². The quantitative estimate of drug-likeness (QED) is 0.597. The van der Waals surface area contributed by atoms with Gasteiger partial charge in [0, 0.05) is 5.69 Å². The van der Waals surface area contributed by atoms with Crippen molar-refractivity contribution >= 4 is 13.4 Å². The SMILES string of the molecule is Cc1cccc(NC(c2ccc(F)cc2)P(=O)(OC(C)C)OC(C)C)n1. The van der Waals surface area contributed by atoms with Crippen LogP contribution in [0.5, 0.6) is 0 Å². The van der Waals surface area contributed by atoms with Gasteiger partial charge >= 0.3 is 7.60 Å². The van der Waals surface area contributed by atoms with Crippen LogP contribution in [0.2, 0.25) is 0 Å². The normalized spacial score (nSPS) is 13.2. The van der Waals surface area contributed by atoms with Crippen LogP contribution in [0.15, 0.2) is 42.5 Å². The van der Waals surface area contributed by atoms with E-state index in [1.54, 1.807) is 45.9 Å². The van der Waals surface area contributed by atoms with Gasteiger partial charge in [-0.2, -0.15) is 0 Å². The van der Waals surface area contributed by atoms with Crippen LogP contribution >= 0.6 is 7.60 Å². The lowest BCUT2D eigenvalue weighted by Crippen LogP contribution is -2.19. The lowest BCUT2D eigenvalue weighted by molar-refractivity contribution is 0.138. The third-order valence-corrected chi connectivity index (χ3v) is 5.88. The summed E-state index contributed by atoms with van der Waals surface area (Å²) in [7, 11) is -3.63. The summed E-state index contributed by atoms with van der Waals surface area (Å²) >= 11 is 0. The number of aromatic nitrogens is 1. The van der Waals surface area contributed by atoms with Crippen LogP contribution < -0.4 is 5.32 Å². The van der Waals surface area contributed by atoms with Crippen LogP contribution in [-0.4, -0.2) is 17.2 Å². The van der Waals surface area contributed by atoms with Crippen molar-refractivity contribution in [2.45, 2.75) is 52.6 Å². The Kier molecular flexibility index (Phi) is 6.93. The molecule has 0 aliphatic carbocycles.